The van der Waals surface area contributed by atoms with Gasteiger partial charge < -0.3 is 10.1 Å². The summed E-state index contributed by atoms with van der Waals surface area (Å²) in [5.74, 6) is -0.138. The number of amides is 1. The summed E-state index contributed by atoms with van der Waals surface area (Å²) in [6, 6.07) is 13.0. The molecule has 0 spiro atoms. The first kappa shape index (κ1) is 14.8. The molecule has 104 valence electrons. The molecule has 0 aliphatic carbocycles. The molecular formula is C15H13FINO2. The van der Waals surface area contributed by atoms with E-state index >= 15 is 0 Å². The van der Waals surface area contributed by atoms with Crippen LogP contribution in [0, 0.1) is 9.39 Å². The van der Waals surface area contributed by atoms with E-state index in [-0.39, 0.29) is 11.7 Å². The Hall–Kier alpha value is -1.63. The van der Waals surface area contributed by atoms with Crippen LogP contribution in [0.25, 0.3) is 0 Å². The molecule has 1 N–H and O–H groups in total. The second-order valence-corrected chi connectivity index (χ2v) is 5.46. The highest BCUT2D eigenvalue weighted by molar-refractivity contribution is 14.1. The summed E-state index contributed by atoms with van der Waals surface area (Å²) in [4.78, 5) is 12.0. The van der Waals surface area contributed by atoms with Crippen molar-refractivity contribution in [2.75, 3.05) is 5.32 Å². The number of carbonyl (C=O) groups is 1. The second-order valence-electron chi connectivity index (χ2n) is 4.21. The van der Waals surface area contributed by atoms with Gasteiger partial charge in [0.1, 0.15) is 11.6 Å². The lowest BCUT2D eigenvalue weighted by Crippen LogP contribution is -2.30. The summed E-state index contributed by atoms with van der Waals surface area (Å²) in [6.45, 7) is 1.65. The second kappa shape index (κ2) is 6.69. The molecule has 0 fully saturated rings. The number of carbonyl (C=O) groups excluding carboxylic acids is 1. The number of halogens is 2. The topological polar surface area (TPSA) is 38.3 Å². The third kappa shape index (κ3) is 4.19. The number of hydrogen-bond donors (Lipinski definition) is 1. The molecule has 2 rings (SSSR count). The van der Waals surface area contributed by atoms with Crippen molar-refractivity contribution in [2.45, 2.75) is 13.0 Å². The Balaban J connectivity index is 1.96. The molecule has 3 nitrogen and oxygen atoms in total. The molecule has 0 aliphatic heterocycles. The van der Waals surface area contributed by atoms with Crippen molar-refractivity contribution in [3.05, 3.63) is 57.9 Å². The van der Waals surface area contributed by atoms with E-state index in [2.05, 4.69) is 27.9 Å². The van der Waals surface area contributed by atoms with E-state index < -0.39 is 6.10 Å². The van der Waals surface area contributed by atoms with Gasteiger partial charge in [-0.2, -0.15) is 0 Å². The van der Waals surface area contributed by atoms with Crippen LogP contribution < -0.4 is 10.1 Å². The van der Waals surface area contributed by atoms with Crippen LogP contribution in [0.15, 0.2) is 48.5 Å². The molecule has 20 heavy (non-hydrogen) atoms. The predicted octanol–water partition coefficient (Wildman–Crippen LogP) is 3.84. The van der Waals surface area contributed by atoms with Gasteiger partial charge in [0, 0.05) is 9.26 Å². The Morgan fingerprint density at radius 1 is 1.25 bits per heavy atom. The fraction of sp³-hybridized carbons (Fsp3) is 0.133. The number of hydrogen-bond acceptors (Lipinski definition) is 2. The minimum atomic E-state index is -0.668. The molecule has 0 aromatic heterocycles. The molecule has 0 radical (unpaired) electrons. The summed E-state index contributed by atoms with van der Waals surface area (Å²) < 4.78 is 19.3. The van der Waals surface area contributed by atoms with E-state index in [1.807, 2.05) is 24.3 Å². The molecule has 1 amide bonds. The van der Waals surface area contributed by atoms with E-state index in [9.17, 15) is 9.18 Å². The van der Waals surface area contributed by atoms with Crippen LogP contribution in [0.5, 0.6) is 5.75 Å². The lowest BCUT2D eigenvalue weighted by molar-refractivity contribution is -0.122. The number of ether oxygens (including phenoxy) is 1. The van der Waals surface area contributed by atoms with Gasteiger partial charge in [0.2, 0.25) is 0 Å². The van der Waals surface area contributed by atoms with Crippen molar-refractivity contribution in [2.24, 2.45) is 0 Å². The first-order chi connectivity index (χ1) is 9.54. The Morgan fingerprint density at radius 2 is 1.95 bits per heavy atom. The molecule has 0 unspecified atom stereocenters. The molecule has 0 aliphatic rings. The average molecular weight is 385 g/mol. The van der Waals surface area contributed by atoms with Crippen molar-refractivity contribution >= 4 is 34.2 Å². The Bertz CT molecular complexity index is 601. The van der Waals surface area contributed by atoms with Gasteiger partial charge >= 0.3 is 0 Å². The van der Waals surface area contributed by atoms with Gasteiger partial charge in [0.25, 0.3) is 5.91 Å². The fourth-order valence-electron chi connectivity index (χ4n) is 1.58. The third-order valence-corrected chi connectivity index (χ3v) is 3.26. The maximum atomic E-state index is 12.8. The molecule has 2 aromatic rings. The standard InChI is InChI=1S/C15H13FINO2/c1-10(20-14-7-5-11(16)6-8-14)15(19)18-13-4-2-3-12(17)9-13/h2-10H,1H3,(H,18,19)/t10-/m1/s1. The summed E-state index contributed by atoms with van der Waals surface area (Å²) in [5.41, 5.74) is 0.719. The van der Waals surface area contributed by atoms with Crippen LogP contribution in [-0.2, 0) is 4.79 Å². The van der Waals surface area contributed by atoms with Gasteiger partial charge in [0.05, 0.1) is 0 Å². The first-order valence-corrected chi connectivity index (χ1v) is 7.11. The normalized spacial score (nSPS) is 11.8. The van der Waals surface area contributed by atoms with Gasteiger partial charge in [-0.15, -0.1) is 0 Å². The summed E-state index contributed by atoms with van der Waals surface area (Å²) in [6.07, 6.45) is -0.668. The zero-order valence-electron chi connectivity index (χ0n) is 10.8. The largest absolute Gasteiger partial charge is 0.481 e. The van der Waals surface area contributed by atoms with Crippen molar-refractivity contribution < 1.29 is 13.9 Å². The minimum Gasteiger partial charge on any atom is -0.481 e. The summed E-state index contributed by atoms with van der Waals surface area (Å²) >= 11 is 2.17. The van der Waals surface area contributed by atoms with E-state index in [4.69, 9.17) is 4.74 Å². The predicted molar refractivity (Wildman–Crippen MR) is 84.3 cm³/mol. The number of nitrogens with one attached hydrogen (secondary N) is 1. The maximum Gasteiger partial charge on any atom is 0.265 e. The molecule has 0 saturated carbocycles. The highest BCUT2D eigenvalue weighted by Gasteiger charge is 2.14. The van der Waals surface area contributed by atoms with Crippen LogP contribution >= 0.6 is 22.6 Å². The Labute approximate surface area is 130 Å². The molecule has 0 heterocycles. The van der Waals surface area contributed by atoms with E-state index in [0.29, 0.717) is 5.75 Å². The van der Waals surface area contributed by atoms with Gasteiger partial charge in [-0.3, -0.25) is 4.79 Å². The zero-order chi connectivity index (χ0) is 14.5. The van der Waals surface area contributed by atoms with Crippen molar-refractivity contribution in [1.82, 2.24) is 0 Å². The monoisotopic (exact) mass is 385 g/mol. The van der Waals surface area contributed by atoms with E-state index in [1.165, 1.54) is 24.3 Å². The summed E-state index contributed by atoms with van der Waals surface area (Å²) in [7, 11) is 0. The minimum absolute atomic E-state index is 0.253. The van der Waals surface area contributed by atoms with Crippen molar-refractivity contribution in [3.8, 4) is 5.75 Å². The molecule has 1 atom stereocenters. The number of anilines is 1. The number of benzene rings is 2. The van der Waals surface area contributed by atoms with Crippen LogP contribution in [0.3, 0.4) is 0 Å². The van der Waals surface area contributed by atoms with Gasteiger partial charge in [0.15, 0.2) is 6.10 Å². The smallest absolute Gasteiger partial charge is 0.265 e. The first-order valence-electron chi connectivity index (χ1n) is 6.03. The molecule has 0 bridgehead atoms. The Morgan fingerprint density at radius 3 is 2.60 bits per heavy atom. The number of rotatable bonds is 4. The molecule has 5 heteroatoms. The van der Waals surface area contributed by atoms with Crippen molar-refractivity contribution in [1.29, 1.82) is 0 Å². The third-order valence-electron chi connectivity index (χ3n) is 2.59. The van der Waals surface area contributed by atoms with Gasteiger partial charge in [-0.1, -0.05) is 6.07 Å². The van der Waals surface area contributed by atoms with Crippen LogP contribution in [0.2, 0.25) is 0 Å². The van der Waals surface area contributed by atoms with E-state index in [0.717, 1.165) is 9.26 Å². The molecular weight excluding hydrogens is 372 g/mol. The SMILES string of the molecule is C[C@@H](Oc1ccc(F)cc1)C(=O)Nc1cccc(I)c1. The van der Waals surface area contributed by atoms with Crippen LogP contribution in [0.4, 0.5) is 10.1 Å². The lowest BCUT2D eigenvalue weighted by atomic mass is 10.3. The van der Waals surface area contributed by atoms with E-state index in [1.54, 1.807) is 6.92 Å². The van der Waals surface area contributed by atoms with Crippen LogP contribution in [-0.4, -0.2) is 12.0 Å². The van der Waals surface area contributed by atoms with Gasteiger partial charge in [-0.05, 0) is 72.0 Å². The zero-order valence-corrected chi connectivity index (χ0v) is 12.9. The highest BCUT2D eigenvalue weighted by Crippen LogP contribution is 2.15. The van der Waals surface area contributed by atoms with Crippen molar-refractivity contribution in [3.63, 3.8) is 0 Å². The highest BCUT2D eigenvalue weighted by atomic mass is 127. The molecule has 0 saturated heterocycles. The van der Waals surface area contributed by atoms with Crippen LogP contribution in [0.1, 0.15) is 6.92 Å². The quantitative estimate of drug-likeness (QED) is 0.813. The Kier molecular flexibility index (Phi) is 4.94. The molecule has 2 aromatic carbocycles. The average Bonchev–Trinajstić information content (AvgIpc) is 2.41. The maximum absolute atomic E-state index is 12.8. The lowest BCUT2D eigenvalue weighted by Gasteiger charge is -2.14. The fourth-order valence-corrected chi connectivity index (χ4v) is 2.12. The summed E-state index contributed by atoms with van der Waals surface area (Å²) in [5, 5.41) is 2.77. The van der Waals surface area contributed by atoms with Gasteiger partial charge in [-0.25, -0.2) is 4.39 Å².